The van der Waals surface area contributed by atoms with Crippen LogP contribution < -0.4 is 0 Å². The molecule has 3 aromatic rings. The Morgan fingerprint density at radius 1 is 0.838 bits per heavy atom. The van der Waals surface area contributed by atoms with Gasteiger partial charge in [-0.1, -0.05) is 60.7 Å². The van der Waals surface area contributed by atoms with Crippen LogP contribution in [0.15, 0.2) is 71.6 Å². The van der Waals surface area contributed by atoms with Gasteiger partial charge in [0.25, 0.3) is 0 Å². The zero-order valence-corrected chi connectivity index (χ0v) is 23.2. The smallest absolute Gasteiger partial charge is 0.243 e. The number of rotatable bonds is 6. The lowest BCUT2D eigenvalue weighted by Crippen LogP contribution is -2.68. The van der Waals surface area contributed by atoms with Gasteiger partial charge < -0.3 is 4.74 Å². The van der Waals surface area contributed by atoms with Crippen LogP contribution in [-0.2, 0) is 14.8 Å². The van der Waals surface area contributed by atoms with Crippen molar-refractivity contribution in [2.24, 2.45) is 0 Å². The van der Waals surface area contributed by atoms with Gasteiger partial charge in [0, 0.05) is 38.2 Å². The fourth-order valence-electron chi connectivity index (χ4n) is 6.08. The molecule has 0 aliphatic carbocycles. The summed E-state index contributed by atoms with van der Waals surface area (Å²) in [5.41, 5.74) is 7.07. The number of sulfonamides is 1. The molecular formula is C31H38N2O3S. The van der Waals surface area contributed by atoms with E-state index in [-0.39, 0.29) is 18.0 Å². The number of benzene rings is 3. The van der Waals surface area contributed by atoms with Gasteiger partial charge in [0.15, 0.2) is 0 Å². The molecule has 0 spiro atoms. The number of nitrogens with zero attached hydrogens (tertiary/aromatic N) is 2. The molecule has 0 aromatic heterocycles. The summed E-state index contributed by atoms with van der Waals surface area (Å²) in [6.45, 7) is 8.85. The van der Waals surface area contributed by atoms with Crippen molar-refractivity contribution in [1.29, 1.82) is 0 Å². The minimum absolute atomic E-state index is 0.131. The van der Waals surface area contributed by atoms with Gasteiger partial charge in [0.05, 0.1) is 11.5 Å². The van der Waals surface area contributed by atoms with Gasteiger partial charge in [-0.05, 0) is 79.6 Å². The van der Waals surface area contributed by atoms with Crippen LogP contribution in [0.1, 0.15) is 41.0 Å². The third-order valence-electron chi connectivity index (χ3n) is 8.33. The molecule has 2 fully saturated rings. The fraction of sp³-hybridized carbons (Fsp3) is 0.419. The molecule has 1 unspecified atom stereocenters. The average Bonchev–Trinajstić information content (AvgIpc) is 2.87. The zero-order chi connectivity index (χ0) is 26.2. The molecule has 0 amide bonds. The summed E-state index contributed by atoms with van der Waals surface area (Å²) in [5.74, 6) is 0.224. The van der Waals surface area contributed by atoms with E-state index >= 15 is 0 Å². The van der Waals surface area contributed by atoms with E-state index < -0.39 is 10.0 Å². The third kappa shape index (κ3) is 5.00. The second-order valence-electron chi connectivity index (χ2n) is 10.6. The normalized spacial score (nSPS) is 23.1. The Kier molecular flexibility index (Phi) is 7.55. The predicted molar refractivity (Wildman–Crippen MR) is 149 cm³/mol. The number of ether oxygens (including phenoxy) is 1. The highest BCUT2D eigenvalue weighted by Gasteiger charge is 2.50. The molecule has 37 heavy (non-hydrogen) atoms. The monoisotopic (exact) mass is 518 g/mol. The van der Waals surface area contributed by atoms with Crippen molar-refractivity contribution in [3.05, 3.63) is 89.0 Å². The minimum Gasteiger partial charge on any atom is -0.383 e. The summed E-state index contributed by atoms with van der Waals surface area (Å²) in [5, 5.41) is 0. The van der Waals surface area contributed by atoms with Crippen LogP contribution in [0, 0.1) is 20.8 Å². The summed E-state index contributed by atoms with van der Waals surface area (Å²) in [7, 11) is -1.81. The standard InChI is InChI=1S/C31H38N2O3S/c1-22-11-12-27(19-24(22)3)25-13-15-26(16-14-25)31-28-20-32(17-7-8-18-33(28)29(31)21-36-4)37(34,35)30-10-6-5-9-23(30)2/h5-6,9-16,19,28-29,31H,7-8,17-18,20-21H2,1-4H3/t28?,29-,31+/m1/s1. The number of fused-ring (bicyclic) bond motifs is 1. The highest BCUT2D eigenvalue weighted by Crippen LogP contribution is 2.43. The maximum Gasteiger partial charge on any atom is 0.243 e. The molecule has 3 aromatic carbocycles. The van der Waals surface area contributed by atoms with Gasteiger partial charge in [0.2, 0.25) is 10.0 Å². The van der Waals surface area contributed by atoms with Gasteiger partial charge >= 0.3 is 0 Å². The van der Waals surface area contributed by atoms with Crippen molar-refractivity contribution in [3.63, 3.8) is 0 Å². The number of methoxy groups -OCH3 is 1. The quantitative estimate of drug-likeness (QED) is 0.430. The predicted octanol–water partition coefficient (Wildman–Crippen LogP) is 5.55. The molecule has 6 heteroatoms. The summed E-state index contributed by atoms with van der Waals surface area (Å²) < 4.78 is 34.8. The molecular weight excluding hydrogens is 480 g/mol. The molecule has 0 saturated carbocycles. The van der Waals surface area contributed by atoms with Crippen LogP contribution in [-0.4, -0.2) is 63.1 Å². The topological polar surface area (TPSA) is 49.9 Å². The maximum atomic E-state index is 13.7. The van der Waals surface area contributed by atoms with E-state index in [2.05, 4.69) is 61.2 Å². The van der Waals surface area contributed by atoms with Crippen LogP contribution in [0.25, 0.3) is 11.1 Å². The Balaban J connectivity index is 1.44. The van der Waals surface area contributed by atoms with Crippen molar-refractivity contribution in [3.8, 4) is 11.1 Å². The van der Waals surface area contributed by atoms with E-state index in [0.717, 1.165) is 24.9 Å². The molecule has 0 radical (unpaired) electrons. The molecule has 5 nitrogen and oxygen atoms in total. The van der Waals surface area contributed by atoms with Crippen molar-refractivity contribution >= 4 is 10.0 Å². The van der Waals surface area contributed by atoms with E-state index in [1.165, 1.54) is 27.8 Å². The molecule has 196 valence electrons. The van der Waals surface area contributed by atoms with Crippen molar-refractivity contribution in [2.45, 2.75) is 56.5 Å². The van der Waals surface area contributed by atoms with Crippen LogP contribution in [0.2, 0.25) is 0 Å². The van der Waals surface area contributed by atoms with Crippen LogP contribution in [0.4, 0.5) is 0 Å². The highest BCUT2D eigenvalue weighted by molar-refractivity contribution is 7.89. The fourth-order valence-corrected chi connectivity index (χ4v) is 7.80. The van der Waals surface area contributed by atoms with Crippen molar-refractivity contribution < 1.29 is 13.2 Å². The minimum atomic E-state index is -3.57. The summed E-state index contributed by atoms with van der Waals surface area (Å²) >= 11 is 0. The molecule has 2 aliphatic heterocycles. The second-order valence-corrected chi connectivity index (χ2v) is 12.5. The molecule has 5 rings (SSSR count). The number of hydrogen-bond acceptors (Lipinski definition) is 4. The molecule has 0 N–H and O–H groups in total. The third-order valence-corrected chi connectivity index (χ3v) is 10.4. The first-order valence-corrected chi connectivity index (χ1v) is 14.7. The van der Waals surface area contributed by atoms with E-state index in [1.807, 2.05) is 25.1 Å². The SMILES string of the molecule is COC[C@@H]1[C@@H](c2ccc(-c3ccc(C)c(C)c3)cc2)C2CN(S(=O)(=O)c3ccccc3C)CCCCN21. The Labute approximate surface area is 222 Å². The van der Waals surface area contributed by atoms with E-state index in [1.54, 1.807) is 17.5 Å². The van der Waals surface area contributed by atoms with Crippen LogP contribution in [0.5, 0.6) is 0 Å². The Bertz CT molecular complexity index is 1350. The average molecular weight is 519 g/mol. The highest BCUT2D eigenvalue weighted by atomic mass is 32.2. The van der Waals surface area contributed by atoms with Gasteiger partial charge in [-0.25, -0.2) is 8.42 Å². The Hall–Kier alpha value is -2.51. The first-order chi connectivity index (χ1) is 17.8. The largest absolute Gasteiger partial charge is 0.383 e. The van der Waals surface area contributed by atoms with Crippen molar-refractivity contribution in [1.82, 2.24) is 9.21 Å². The van der Waals surface area contributed by atoms with Gasteiger partial charge in [0.1, 0.15) is 0 Å². The first kappa shape index (κ1) is 26.1. The molecule has 2 saturated heterocycles. The maximum absolute atomic E-state index is 13.7. The second kappa shape index (κ2) is 10.7. The molecule has 2 heterocycles. The van der Waals surface area contributed by atoms with Gasteiger partial charge in [-0.3, -0.25) is 4.90 Å². The lowest BCUT2D eigenvalue weighted by molar-refractivity contribution is -0.0635. The Morgan fingerprint density at radius 3 is 2.24 bits per heavy atom. The zero-order valence-electron chi connectivity index (χ0n) is 22.4. The first-order valence-electron chi connectivity index (χ1n) is 13.3. The summed E-state index contributed by atoms with van der Waals surface area (Å²) in [4.78, 5) is 2.90. The van der Waals surface area contributed by atoms with E-state index in [4.69, 9.17) is 4.74 Å². The van der Waals surface area contributed by atoms with E-state index in [9.17, 15) is 8.42 Å². The van der Waals surface area contributed by atoms with Crippen LogP contribution >= 0.6 is 0 Å². The molecule has 2 aliphatic rings. The van der Waals surface area contributed by atoms with Crippen molar-refractivity contribution in [2.75, 3.05) is 33.4 Å². The van der Waals surface area contributed by atoms with Gasteiger partial charge in [-0.2, -0.15) is 4.31 Å². The van der Waals surface area contributed by atoms with Gasteiger partial charge in [-0.15, -0.1) is 0 Å². The Morgan fingerprint density at radius 2 is 1.54 bits per heavy atom. The lowest BCUT2D eigenvalue weighted by Gasteiger charge is -2.57. The molecule has 0 bridgehead atoms. The number of aryl methyl sites for hydroxylation is 3. The van der Waals surface area contributed by atoms with E-state index in [0.29, 0.717) is 24.6 Å². The van der Waals surface area contributed by atoms with Crippen LogP contribution in [0.3, 0.4) is 0 Å². The lowest BCUT2D eigenvalue weighted by atomic mass is 9.74. The summed E-state index contributed by atoms with van der Waals surface area (Å²) in [6.07, 6.45) is 1.85. The summed E-state index contributed by atoms with van der Waals surface area (Å²) in [6, 6.07) is 23.2. The number of hydrogen-bond donors (Lipinski definition) is 0. The molecule has 3 atom stereocenters.